The van der Waals surface area contributed by atoms with Crippen LogP contribution in [0.25, 0.3) is 11.0 Å². The Morgan fingerprint density at radius 3 is 2.77 bits per heavy atom. The first kappa shape index (κ1) is 18.0. The van der Waals surface area contributed by atoms with Gasteiger partial charge in [-0.05, 0) is 36.6 Å². The minimum Gasteiger partial charge on any atom is -0.497 e. The monoisotopic (exact) mass is 353 g/mol. The van der Waals surface area contributed by atoms with Crippen molar-refractivity contribution < 1.29 is 19.1 Å². The minimum absolute atomic E-state index is 0.108. The van der Waals surface area contributed by atoms with E-state index in [0.29, 0.717) is 17.8 Å². The zero-order valence-electron chi connectivity index (χ0n) is 15.0. The van der Waals surface area contributed by atoms with Crippen LogP contribution in [0.5, 0.6) is 5.75 Å². The SMILES string of the molecule is COc1ccc2c(CC(=O)NC(CO)Cc3ccccc3C)coc2c1. The summed E-state index contributed by atoms with van der Waals surface area (Å²) in [6.45, 7) is 1.92. The number of hydrogen-bond donors (Lipinski definition) is 2. The Hall–Kier alpha value is -2.79. The fourth-order valence-corrected chi connectivity index (χ4v) is 3.04. The molecule has 1 amide bonds. The van der Waals surface area contributed by atoms with Crippen molar-refractivity contribution in [1.82, 2.24) is 5.32 Å². The van der Waals surface area contributed by atoms with Crippen molar-refractivity contribution in [3.63, 3.8) is 0 Å². The molecule has 3 rings (SSSR count). The van der Waals surface area contributed by atoms with Crippen LogP contribution in [-0.2, 0) is 17.6 Å². The average molecular weight is 353 g/mol. The van der Waals surface area contributed by atoms with Gasteiger partial charge in [0.2, 0.25) is 5.91 Å². The maximum atomic E-state index is 12.4. The van der Waals surface area contributed by atoms with Crippen LogP contribution in [0.2, 0.25) is 0 Å². The first-order chi connectivity index (χ1) is 12.6. The molecule has 0 radical (unpaired) electrons. The van der Waals surface area contributed by atoms with Gasteiger partial charge in [-0.15, -0.1) is 0 Å². The highest BCUT2D eigenvalue weighted by Crippen LogP contribution is 2.25. The van der Waals surface area contributed by atoms with Crippen molar-refractivity contribution in [2.75, 3.05) is 13.7 Å². The van der Waals surface area contributed by atoms with Crippen molar-refractivity contribution in [2.45, 2.75) is 25.8 Å². The number of ether oxygens (including phenoxy) is 1. The number of aliphatic hydroxyl groups is 1. The molecule has 2 aromatic carbocycles. The highest BCUT2D eigenvalue weighted by molar-refractivity contribution is 5.88. The van der Waals surface area contributed by atoms with Gasteiger partial charge in [0.25, 0.3) is 0 Å². The van der Waals surface area contributed by atoms with Crippen molar-refractivity contribution >= 4 is 16.9 Å². The molecule has 5 nitrogen and oxygen atoms in total. The van der Waals surface area contributed by atoms with Gasteiger partial charge >= 0.3 is 0 Å². The van der Waals surface area contributed by atoms with E-state index in [1.54, 1.807) is 19.4 Å². The van der Waals surface area contributed by atoms with E-state index in [1.807, 2.05) is 43.3 Å². The number of furan rings is 1. The highest BCUT2D eigenvalue weighted by Gasteiger charge is 2.16. The Morgan fingerprint density at radius 2 is 2.04 bits per heavy atom. The summed E-state index contributed by atoms with van der Waals surface area (Å²) in [5, 5.41) is 13.4. The number of nitrogens with one attached hydrogen (secondary N) is 1. The summed E-state index contributed by atoms with van der Waals surface area (Å²) in [6.07, 6.45) is 2.39. The third kappa shape index (κ3) is 4.06. The van der Waals surface area contributed by atoms with Crippen LogP contribution in [0.4, 0.5) is 0 Å². The Balaban J connectivity index is 1.67. The molecule has 0 aliphatic rings. The van der Waals surface area contributed by atoms with Gasteiger partial charge in [0.15, 0.2) is 0 Å². The Labute approximate surface area is 152 Å². The fourth-order valence-electron chi connectivity index (χ4n) is 3.04. The maximum absolute atomic E-state index is 12.4. The third-order valence-corrected chi connectivity index (χ3v) is 4.53. The second-order valence-corrected chi connectivity index (χ2v) is 6.38. The summed E-state index contributed by atoms with van der Waals surface area (Å²) in [7, 11) is 1.60. The number of carbonyl (C=O) groups excluding carboxylic acids is 1. The largest absolute Gasteiger partial charge is 0.497 e. The summed E-state index contributed by atoms with van der Waals surface area (Å²) < 4.78 is 10.7. The molecular formula is C21H23NO4. The Kier molecular flexibility index (Phi) is 5.58. The van der Waals surface area contributed by atoms with Crippen LogP contribution in [-0.4, -0.2) is 30.8 Å². The third-order valence-electron chi connectivity index (χ3n) is 4.53. The average Bonchev–Trinajstić information content (AvgIpc) is 3.04. The zero-order chi connectivity index (χ0) is 18.5. The molecule has 5 heteroatoms. The van der Waals surface area contributed by atoms with Gasteiger partial charge in [0.05, 0.1) is 32.4 Å². The lowest BCUT2D eigenvalue weighted by Gasteiger charge is -2.17. The topological polar surface area (TPSA) is 71.7 Å². The smallest absolute Gasteiger partial charge is 0.224 e. The molecule has 26 heavy (non-hydrogen) atoms. The van der Waals surface area contributed by atoms with Crippen LogP contribution in [0.3, 0.4) is 0 Å². The number of rotatable bonds is 7. The summed E-state index contributed by atoms with van der Waals surface area (Å²) in [4.78, 5) is 12.4. The van der Waals surface area contributed by atoms with Gasteiger partial charge in [0.1, 0.15) is 11.3 Å². The molecule has 0 saturated heterocycles. The normalized spacial score (nSPS) is 12.1. The summed E-state index contributed by atoms with van der Waals surface area (Å²) in [5.74, 6) is 0.567. The second kappa shape index (κ2) is 8.06. The molecule has 0 bridgehead atoms. The number of aryl methyl sites for hydroxylation is 1. The quantitative estimate of drug-likeness (QED) is 0.685. The van der Waals surface area contributed by atoms with Crippen molar-refractivity contribution in [3.8, 4) is 5.75 Å². The van der Waals surface area contributed by atoms with Gasteiger partial charge in [0, 0.05) is 17.0 Å². The molecule has 3 aromatic rings. The van der Waals surface area contributed by atoms with Gasteiger partial charge in [-0.2, -0.15) is 0 Å². The first-order valence-corrected chi connectivity index (χ1v) is 8.59. The molecule has 0 aliphatic heterocycles. The minimum atomic E-state index is -0.318. The van der Waals surface area contributed by atoms with Crippen LogP contribution in [0.15, 0.2) is 53.1 Å². The number of hydrogen-bond acceptors (Lipinski definition) is 4. The van der Waals surface area contributed by atoms with Gasteiger partial charge < -0.3 is 19.6 Å². The molecule has 1 heterocycles. The van der Waals surface area contributed by atoms with Gasteiger partial charge in [-0.3, -0.25) is 4.79 Å². The molecule has 0 aliphatic carbocycles. The first-order valence-electron chi connectivity index (χ1n) is 8.59. The number of benzene rings is 2. The number of methoxy groups -OCH3 is 1. The predicted octanol–water partition coefficient (Wildman–Crippen LogP) is 3.01. The van der Waals surface area contributed by atoms with Crippen molar-refractivity contribution in [2.24, 2.45) is 0 Å². The summed E-state index contributed by atoms with van der Waals surface area (Å²) in [6, 6.07) is 13.2. The molecule has 1 unspecified atom stereocenters. The Morgan fingerprint density at radius 1 is 1.23 bits per heavy atom. The van der Waals surface area contributed by atoms with Crippen LogP contribution < -0.4 is 10.1 Å². The predicted molar refractivity (Wildman–Crippen MR) is 100 cm³/mol. The van der Waals surface area contributed by atoms with E-state index in [2.05, 4.69) is 5.32 Å². The van der Waals surface area contributed by atoms with E-state index in [1.165, 1.54) is 0 Å². The number of aliphatic hydroxyl groups excluding tert-OH is 1. The van der Waals surface area contributed by atoms with Crippen LogP contribution >= 0.6 is 0 Å². The molecular weight excluding hydrogens is 330 g/mol. The second-order valence-electron chi connectivity index (χ2n) is 6.38. The lowest BCUT2D eigenvalue weighted by molar-refractivity contribution is -0.121. The maximum Gasteiger partial charge on any atom is 0.224 e. The number of amides is 1. The van der Waals surface area contributed by atoms with Crippen LogP contribution in [0.1, 0.15) is 16.7 Å². The van der Waals surface area contributed by atoms with E-state index in [-0.39, 0.29) is 25.0 Å². The zero-order valence-corrected chi connectivity index (χ0v) is 15.0. The van der Waals surface area contributed by atoms with E-state index < -0.39 is 0 Å². The van der Waals surface area contributed by atoms with E-state index in [9.17, 15) is 9.90 Å². The summed E-state index contributed by atoms with van der Waals surface area (Å²) in [5.41, 5.74) is 3.76. The molecule has 1 aromatic heterocycles. The Bertz CT molecular complexity index is 900. The van der Waals surface area contributed by atoms with Crippen molar-refractivity contribution in [1.29, 1.82) is 0 Å². The molecule has 0 fully saturated rings. The van der Waals surface area contributed by atoms with E-state index in [4.69, 9.17) is 9.15 Å². The number of carbonyl (C=O) groups is 1. The van der Waals surface area contributed by atoms with Crippen molar-refractivity contribution in [3.05, 3.63) is 65.4 Å². The molecule has 2 N–H and O–H groups in total. The molecule has 0 saturated carbocycles. The van der Waals surface area contributed by atoms with E-state index in [0.717, 1.165) is 22.1 Å². The van der Waals surface area contributed by atoms with Gasteiger partial charge in [-0.1, -0.05) is 24.3 Å². The summed E-state index contributed by atoms with van der Waals surface area (Å²) >= 11 is 0. The van der Waals surface area contributed by atoms with E-state index >= 15 is 0 Å². The molecule has 136 valence electrons. The number of fused-ring (bicyclic) bond motifs is 1. The molecule has 1 atom stereocenters. The van der Waals surface area contributed by atoms with Crippen LogP contribution in [0, 0.1) is 6.92 Å². The lowest BCUT2D eigenvalue weighted by atomic mass is 10.0. The standard InChI is InChI=1S/C21H23NO4/c1-14-5-3-4-6-15(14)9-17(12-23)22-21(24)10-16-13-26-20-11-18(25-2)7-8-19(16)20/h3-8,11,13,17,23H,9-10,12H2,1-2H3,(H,22,24). The lowest BCUT2D eigenvalue weighted by Crippen LogP contribution is -2.40. The molecule has 0 spiro atoms. The fraction of sp³-hybridized carbons (Fsp3) is 0.286. The highest BCUT2D eigenvalue weighted by atomic mass is 16.5. The van der Waals surface area contributed by atoms with Gasteiger partial charge in [-0.25, -0.2) is 0 Å².